The summed E-state index contributed by atoms with van der Waals surface area (Å²) >= 11 is 1.29. The summed E-state index contributed by atoms with van der Waals surface area (Å²) in [7, 11) is 1.52. The van der Waals surface area contributed by atoms with Crippen molar-refractivity contribution in [3.05, 3.63) is 40.6 Å². The molecule has 1 heterocycles. The van der Waals surface area contributed by atoms with E-state index in [1.165, 1.54) is 18.4 Å². The van der Waals surface area contributed by atoms with Crippen LogP contribution in [0.25, 0.3) is 0 Å². The van der Waals surface area contributed by atoms with Gasteiger partial charge in [-0.1, -0.05) is 12.1 Å². The summed E-state index contributed by atoms with van der Waals surface area (Å²) in [5, 5.41) is 13.1. The van der Waals surface area contributed by atoms with E-state index in [0.717, 1.165) is 0 Å². The molecular formula is C14H12N2O3S. The molecule has 0 spiro atoms. The van der Waals surface area contributed by atoms with Crippen LogP contribution in [0.4, 0.5) is 5.69 Å². The highest BCUT2D eigenvalue weighted by atomic mass is 32.1. The summed E-state index contributed by atoms with van der Waals surface area (Å²) in [6.45, 7) is -0.0742. The summed E-state index contributed by atoms with van der Waals surface area (Å²) < 4.78 is 10.4. The molecule has 0 unspecified atom stereocenters. The minimum absolute atomic E-state index is 0.0742. The van der Waals surface area contributed by atoms with Gasteiger partial charge in [0.05, 0.1) is 12.8 Å². The fourth-order valence-corrected chi connectivity index (χ4v) is 2.36. The predicted octanol–water partition coefficient (Wildman–Crippen LogP) is 2.91. The first kappa shape index (κ1) is 13.9. The Bertz CT molecular complexity index is 646. The Labute approximate surface area is 120 Å². The topological polar surface area (TPSA) is 71.3 Å². The molecule has 1 N–H and O–H groups in total. The molecule has 1 aromatic heterocycles. The predicted molar refractivity (Wildman–Crippen MR) is 76.4 cm³/mol. The van der Waals surface area contributed by atoms with E-state index in [2.05, 4.69) is 5.32 Å². The van der Waals surface area contributed by atoms with E-state index in [1.54, 1.807) is 35.7 Å². The first-order chi connectivity index (χ1) is 9.76. The van der Waals surface area contributed by atoms with Crippen LogP contribution in [-0.4, -0.2) is 19.6 Å². The zero-order valence-electron chi connectivity index (χ0n) is 10.8. The quantitative estimate of drug-likeness (QED) is 0.918. The van der Waals surface area contributed by atoms with Crippen molar-refractivity contribution in [3.8, 4) is 17.6 Å². The van der Waals surface area contributed by atoms with Crippen molar-refractivity contribution in [2.45, 2.75) is 0 Å². The fraction of sp³-hybridized carbons (Fsp3) is 0.143. The second-order valence-corrected chi connectivity index (χ2v) is 4.63. The number of para-hydroxylation sites is 2. The average molecular weight is 288 g/mol. The van der Waals surface area contributed by atoms with Crippen LogP contribution in [0.1, 0.15) is 9.67 Å². The monoisotopic (exact) mass is 288 g/mol. The van der Waals surface area contributed by atoms with Gasteiger partial charge in [-0.3, -0.25) is 4.79 Å². The lowest BCUT2D eigenvalue weighted by molar-refractivity contribution is 0.102. The van der Waals surface area contributed by atoms with E-state index >= 15 is 0 Å². The lowest BCUT2D eigenvalue weighted by atomic mass is 10.3. The minimum atomic E-state index is -0.273. The third kappa shape index (κ3) is 3.08. The first-order valence-corrected chi connectivity index (χ1v) is 6.66. The van der Waals surface area contributed by atoms with Gasteiger partial charge < -0.3 is 14.8 Å². The first-order valence-electron chi connectivity index (χ1n) is 5.78. The Balaban J connectivity index is 2.18. The number of rotatable bonds is 5. The van der Waals surface area contributed by atoms with Gasteiger partial charge in [0, 0.05) is 0 Å². The zero-order valence-corrected chi connectivity index (χ0v) is 11.6. The molecule has 0 saturated carbocycles. The van der Waals surface area contributed by atoms with Crippen molar-refractivity contribution in [2.75, 3.05) is 19.0 Å². The van der Waals surface area contributed by atoms with E-state index in [0.29, 0.717) is 22.1 Å². The van der Waals surface area contributed by atoms with Crippen LogP contribution >= 0.6 is 11.3 Å². The standard InChI is InChI=1S/C14H12N2O3S/c1-18-12-6-9-20-13(12)14(17)16-10-4-2-3-5-11(10)19-8-7-15/h2-6,9H,8H2,1H3,(H,16,17). The molecule has 0 aliphatic carbocycles. The summed E-state index contributed by atoms with van der Waals surface area (Å²) in [6, 6.07) is 10.6. The molecule has 0 bridgehead atoms. The Morgan fingerprint density at radius 3 is 2.90 bits per heavy atom. The van der Waals surface area contributed by atoms with Gasteiger partial charge in [0.1, 0.15) is 22.4 Å². The number of nitrogens with one attached hydrogen (secondary N) is 1. The molecule has 1 amide bonds. The van der Waals surface area contributed by atoms with Crippen molar-refractivity contribution in [3.63, 3.8) is 0 Å². The Kier molecular flexibility index (Phi) is 4.58. The lowest BCUT2D eigenvalue weighted by Gasteiger charge is -2.10. The maximum absolute atomic E-state index is 12.2. The van der Waals surface area contributed by atoms with Crippen molar-refractivity contribution in [1.29, 1.82) is 5.26 Å². The second-order valence-electron chi connectivity index (χ2n) is 3.72. The highest BCUT2D eigenvalue weighted by Gasteiger charge is 2.15. The maximum Gasteiger partial charge on any atom is 0.269 e. The molecular weight excluding hydrogens is 276 g/mol. The highest BCUT2D eigenvalue weighted by Crippen LogP contribution is 2.28. The van der Waals surface area contributed by atoms with E-state index in [-0.39, 0.29) is 12.5 Å². The van der Waals surface area contributed by atoms with Gasteiger partial charge >= 0.3 is 0 Å². The second kappa shape index (κ2) is 6.59. The molecule has 0 aliphatic heterocycles. The number of methoxy groups -OCH3 is 1. The number of carbonyl (C=O) groups is 1. The molecule has 0 saturated heterocycles. The van der Waals surface area contributed by atoms with E-state index in [4.69, 9.17) is 14.7 Å². The SMILES string of the molecule is COc1ccsc1C(=O)Nc1ccccc1OCC#N. The number of nitrogens with zero attached hydrogens (tertiary/aromatic N) is 1. The molecule has 0 atom stereocenters. The molecule has 0 fully saturated rings. The molecule has 0 radical (unpaired) electrons. The Morgan fingerprint density at radius 1 is 1.35 bits per heavy atom. The molecule has 2 rings (SSSR count). The molecule has 20 heavy (non-hydrogen) atoms. The molecule has 0 aliphatic rings. The molecule has 2 aromatic rings. The largest absolute Gasteiger partial charge is 0.495 e. The van der Waals surface area contributed by atoms with Crippen molar-refractivity contribution in [2.24, 2.45) is 0 Å². The lowest BCUT2D eigenvalue weighted by Crippen LogP contribution is -2.12. The third-order valence-electron chi connectivity index (χ3n) is 2.48. The summed E-state index contributed by atoms with van der Waals surface area (Å²) in [6.07, 6.45) is 0. The minimum Gasteiger partial charge on any atom is -0.495 e. The van der Waals surface area contributed by atoms with Gasteiger partial charge in [-0.15, -0.1) is 11.3 Å². The van der Waals surface area contributed by atoms with Crippen molar-refractivity contribution in [1.82, 2.24) is 0 Å². The number of anilines is 1. The zero-order chi connectivity index (χ0) is 14.4. The van der Waals surface area contributed by atoms with Gasteiger partial charge in [0.25, 0.3) is 5.91 Å². The highest BCUT2D eigenvalue weighted by molar-refractivity contribution is 7.12. The van der Waals surface area contributed by atoms with Crippen LogP contribution in [0.15, 0.2) is 35.7 Å². The summed E-state index contributed by atoms with van der Waals surface area (Å²) in [5.41, 5.74) is 0.517. The number of hydrogen-bond acceptors (Lipinski definition) is 5. The summed E-state index contributed by atoms with van der Waals surface area (Å²) in [5.74, 6) is 0.714. The number of ether oxygens (including phenoxy) is 2. The third-order valence-corrected chi connectivity index (χ3v) is 3.38. The van der Waals surface area contributed by atoms with Crippen molar-refractivity contribution >= 4 is 22.9 Å². The van der Waals surface area contributed by atoms with Gasteiger partial charge in [-0.05, 0) is 23.6 Å². The molecule has 1 aromatic carbocycles. The number of hydrogen-bond donors (Lipinski definition) is 1. The van der Waals surface area contributed by atoms with Crippen LogP contribution in [0.3, 0.4) is 0 Å². The number of thiophene rings is 1. The van der Waals surface area contributed by atoms with Crippen LogP contribution in [-0.2, 0) is 0 Å². The number of carbonyl (C=O) groups excluding carboxylic acids is 1. The van der Waals surface area contributed by atoms with Gasteiger partial charge in [0.2, 0.25) is 0 Å². The fourth-order valence-electron chi connectivity index (χ4n) is 1.61. The molecule has 102 valence electrons. The van der Waals surface area contributed by atoms with Crippen LogP contribution < -0.4 is 14.8 Å². The normalized spacial score (nSPS) is 9.60. The van der Waals surface area contributed by atoms with Gasteiger partial charge in [-0.2, -0.15) is 5.26 Å². The average Bonchev–Trinajstić information content (AvgIpc) is 2.95. The number of nitriles is 1. The molecule has 5 nitrogen and oxygen atoms in total. The van der Waals surface area contributed by atoms with E-state index in [9.17, 15) is 4.79 Å². The number of benzene rings is 1. The summed E-state index contributed by atoms with van der Waals surface area (Å²) in [4.78, 5) is 12.7. The van der Waals surface area contributed by atoms with Crippen LogP contribution in [0.2, 0.25) is 0 Å². The Hall–Kier alpha value is -2.52. The Morgan fingerprint density at radius 2 is 2.15 bits per heavy atom. The molecule has 6 heteroatoms. The van der Waals surface area contributed by atoms with E-state index < -0.39 is 0 Å². The van der Waals surface area contributed by atoms with Crippen LogP contribution in [0, 0.1) is 11.3 Å². The van der Waals surface area contributed by atoms with Crippen molar-refractivity contribution < 1.29 is 14.3 Å². The van der Waals surface area contributed by atoms with Gasteiger partial charge in [0.15, 0.2) is 6.61 Å². The van der Waals surface area contributed by atoms with Gasteiger partial charge in [-0.25, -0.2) is 0 Å². The number of amides is 1. The smallest absolute Gasteiger partial charge is 0.269 e. The maximum atomic E-state index is 12.2. The van der Waals surface area contributed by atoms with Crippen LogP contribution in [0.5, 0.6) is 11.5 Å². The van der Waals surface area contributed by atoms with E-state index in [1.807, 2.05) is 6.07 Å².